The zero-order chi connectivity index (χ0) is 9.84. The highest BCUT2D eigenvalue weighted by atomic mass is 35.5. The first-order chi connectivity index (χ1) is 6.09. The van der Waals surface area contributed by atoms with E-state index in [1.54, 1.807) is 12.1 Å². The van der Waals surface area contributed by atoms with Crippen LogP contribution in [0.1, 0.15) is 18.0 Å². The van der Waals surface area contributed by atoms with Crippen LogP contribution in [0.25, 0.3) is 0 Å². The fourth-order valence-electron chi connectivity index (χ4n) is 1.03. The Bertz CT molecular complexity index is 299. The van der Waals surface area contributed by atoms with E-state index < -0.39 is 12.0 Å². The smallest absolute Gasteiger partial charge is 0.305 e. The van der Waals surface area contributed by atoms with Crippen molar-refractivity contribution in [1.82, 2.24) is 0 Å². The summed E-state index contributed by atoms with van der Waals surface area (Å²) in [5, 5.41) is 17.4. The molecule has 0 fully saturated rings. The van der Waals surface area contributed by atoms with Crippen molar-refractivity contribution in [3.05, 3.63) is 29.8 Å². The summed E-state index contributed by atoms with van der Waals surface area (Å²) in [7, 11) is 0. The van der Waals surface area contributed by atoms with Gasteiger partial charge in [-0.05, 0) is 17.7 Å². The predicted molar refractivity (Wildman–Crippen MR) is 54.5 cm³/mol. The lowest BCUT2D eigenvalue weighted by Crippen LogP contribution is -2.14. The minimum atomic E-state index is -0.930. The van der Waals surface area contributed by atoms with Gasteiger partial charge >= 0.3 is 5.97 Å². The lowest BCUT2D eigenvalue weighted by atomic mass is 10.1. The maximum absolute atomic E-state index is 10.3. The molecule has 0 radical (unpaired) electrons. The Balaban J connectivity index is 0.00000169. The standard InChI is InChI=1S/C9H11NO3.ClH/c10-8(5-9(12)13)6-1-3-7(11)4-2-6;/h1-4,8,11H,5,10H2,(H,12,13);1H/t8-;/m1./s1. The number of aromatic hydroxyl groups is 1. The van der Waals surface area contributed by atoms with E-state index in [0.29, 0.717) is 5.56 Å². The highest BCUT2D eigenvalue weighted by Crippen LogP contribution is 2.17. The third kappa shape index (κ3) is 3.64. The van der Waals surface area contributed by atoms with Crippen LogP contribution in [-0.2, 0) is 4.79 Å². The molecule has 0 unspecified atom stereocenters. The van der Waals surface area contributed by atoms with E-state index in [0.717, 1.165) is 0 Å². The molecule has 0 aromatic heterocycles. The normalized spacial score (nSPS) is 11.5. The molecule has 14 heavy (non-hydrogen) atoms. The quantitative estimate of drug-likeness (QED) is 0.713. The second-order valence-corrected chi connectivity index (χ2v) is 2.80. The van der Waals surface area contributed by atoms with E-state index in [4.69, 9.17) is 15.9 Å². The first-order valence-corrected chi connectivity index (χ1v) is 3.86. The van der Waals surface area contributed by atoms with Crippen molar-refractivity contribution in [1.29, 1.82) is 0 Å². The molecular weight excluding hydrogens is 206 g/mol. The van der Waals surface area contributed by atoms with Crippen LogP contribution in [0.15, 0.2) is 24.3 Å². The van der Waals surface area contributed by atoms with Gasteiger partial charge in [0.05, 0.1) is 6.42 Å². The zero-order valence-corrected chi connectivity index (χ0v) is 8.20. The second-order valence-electron chi connectivity index (χ2n) is 2.80. The second kappa shape index (κ2) is 5.47. The van der Waals surface area contributed by atoms with Crippen LogP contribution < -0.4 is 5.73 Å². The van der Waals surface area contributed by atoms with Crippen LogP contribution in [-0.4, -0.2) is 16.2 Å². The topological polar surface area (TPSA) is 83.6 Å². The summed E-state index contributed by atoms with van der Waals surface area (Å²) in [6.07, 6.45) is -0.106. The number of phenols is 1. The summed E-state index contributed by atoms with van der Waals surface area (Å²) in [4.78, 5) is 10.3. The van der Waals surface area contributed by atoms with Crippen molar-refractivity contribution in [2.45, 2.75) is 12.5 Å². The zero-order valence-electron chi connectivity index (χ0n) is 7.38. The number of carboxylic acid groups (broad SMARTS) is 1. The van der Waals surface area contributed by atoms with Gasteiger partial charge in [-0.3, -0.25) is 4.79 Å². The van der Waals surface area contributed by atoms with Crippen molar-refractivity contribution < 1.29 is 15.0 Å². The number of hydrogen-bond acceptors (Lipinski definition) is 3. The third-order valence-electron chi connectivity index (χ3n) is 1.72. The Morgan fingerprint density at radius 1 is 1.36 bits per heavy atom. The molecule has 0 aliphatic rings. The molecule has 0 heterocycles. The molecule has 0 saturated carbocycles. The van der Waals surface area contributed by atoms with Crippen LogP contribution in [0, 0.1) is 0 Å². The third-order valence-corrected chi connectivity index (χ3v) is 1.72. The van der Waals surface area contributed by atoms with Crippen molar-refractivity contribution in [3.63, 3.8) is 0 Å². The fraction of sp³-hybridized carbons (Fsp3) is 0.222. The van der Waals surface area contributed by atoms with E-state index in [1.165, 1.54) is 12.1 Å². The van der Waals surface area contributed by atoms with Crippen molar-refractivity contribution in [2.24, 2.45) is 5.73 Å². The summed E-state index contributed by atoms with van der Waals surface area (Å²) >= 11 is 0. The van der Waals surface area contributed by atoms with E-state index in [9.17, 15) is 4.79 Å². The van der Waals surface area contributed by atoms with E-state index in [-0.39, 0.29) is 24.6 Å². The number of benzene rings is 1. The number of nitrogens with two attached hydrogens (primary N) is 1. The Morgan fingerprint density at radius 2 is 1.86 bits per heavy atom. The van der Waals surface area contributed by atoms with Crippen molar-refractivity contribution in [2.75, 3.05) is 0 Å². The van der Waals surface area contributed by atoms with E-state index >= 15 is 0 Å². The molecule has 1 aromatic rings. The van der Waals surface area contributed by atoms with Crippen LogP contribution in [0.3, 0.4) is 0 Å². The molecule has 0 bridgehead atoms. The van der Waals surface area contributed by atoms with Gasteiger partial charge in [-0.25, -0.2) is 0 Å². The Labute approximate surface area is 87.8 Å². The minimum absolute atomic E-state index is 0. The van der Waals surface area contributed by atoms with Gasteiger partial charge < -0.3 is 15.9 Å². The van der Waals surface area contributed by atoms with Crippen LogP contribution in [0.4, 0.5) is 0 Å². The van der Waals surface area contributed by atoms with Crippen molar-refractivity contribution in [3.8, 4) is 5.75 Å². The Kier molecular flexibility index (Phi) is 4.97. The Hall–Kier alpha value is -1.26. The number of halogens is 1. The van der Waals surface area contributed by atoms with Gasteiger partial charge in [-0.2, -0.15) is 0 Å². The highest BCUT2D eigenvalue weighted by molar-refractivity contribution is 5.85. The molecule has 1 atom stereocenters. The maximum Gasteiger partial charge on any atom is 0.305 e. The summed E-state index contributed by atoms with van der Waals surface area (Å²) in [6.45, 7) is 0. The van der Waals surface area contributed by atoms with Gasteiger partial charge in [0.2, 0.25) is 0 Å². The summed E-state index contributed by atoms with van der Waals surface area (Å²) in [5.41, 5.74) is 6.29. The van der Waals surface area contributed by atoms with Gasteiger partial charge in [-0.15, -0.1) is 12.4 Å². The predicted octanol–water partition coefficient (Wildman–Crippen LogP) is 1.29. The van der Waals surface area contributed by atoms with Gasteiger partial charge in [-0.1, -0.05) is 12.1 Å². The summed E-state index contributed by atoms with van der Waals surface area (Å²) in [6, 6.07) is 5.68. The Morgan fingerprint density at radius 3 is 2.29 bits per heavy atom. The van der Waals surface area contributed by atoms with Crippen LogP contribution >= 0.6 is 12.4 Å². The van der Waals surface area contributed by atoms with Crippen molar-refractivity contribution >= 4 is 18.4 Å². The fourth-order valence-corrected chi connectivity index (χ4v) is 1.03. The van der Waals surface area contributed by atoms with Gasteiger partial charge in [0.15, 0.2) is 0 Å². The largest absolute Gasteiger partial charge is 0.508 e. The molecule has 5 heteroatoms. The molecule has 0 saturated heterocycles. The number of hydrogen-bond donors (Lipinski definition) is 3. The molecule has 78 valence electrons. The lowest BCUT2D eigenvalue weighted by molar-refractivity contribution is -0.137. The summed E-state index contributed by atoms with van der Waals surface area (Å²) < 4.78 is 0. The lowest BCUT2D eigenvalue weighted by Gasteiger charge is -2.08. The highest BCUT2D eigenvalue weighted by Gasteiger charge is 2.09. The minimum Gasteiger partial charge on any atom is -0.508 e. The van der Waals surface area contributed by atoms with E-state index in [1.807, 2.05) is 0 Å². The average Bonchev–Trinajstić information content (AvgIpc) is 2.04. The number of aliphatic carboxylic acids is 1. The molecule has 1 aromatic carbocycles. The first kappa shape index (κ1) is 12.7. The molecule has 4 N–H and O–H groups in total. The molecule has 1 rings (SSSR count). The molecule has 0 spiro atoms. The van der Waals surface area contributed by atoms with Gasteiger partial charge in [0.25, 0.3) is 0 Å². The van der Waals surface area contributed by atoms with E-state index in [2.05, 4.69) is 0 Å². The molecule has 4 nitrogen and oxygen atoms in total. The van der Waals surface area contributed by atoms with Gasteiger partial charge in [0, 0.05) is 6.04 Å². The first-order valence-electron chi connectivity index (χ1n) is 3.86. The van der Waals surface area contributed by atoms with Gasteiger partial charge in [0.1, 0.15) is 5.75 Å². The molecule has 0 amide bonds. The SMILES string of the molecule is Cl.N[C@H](CC(=O)O)c1ccc(O)cc1. The molecule has 0 aliphatic heterocycles. The maximum atomic E-state index is 10.3. The number of carboxylic acids is 1. The number of carbonyl (C=O) groups is 1. The molecule has 0 aliphatic carbocycles. The number of phenolic OH excluding ortho intramolecular Hbond substituents is 1. The number of rotatable bonds is 3. The van der Waals surface area contributed by atoms with Crippen LogP contribution in [0.2, 0.25) is 0 Å². The monoisotopic (exact) mass is 217 g/mol. The average molecular weight is 218 g/mol. The van der Waals surface area contributed by atoms with Crippen LogP contribution in [0.5, 0.6) is 5.75 Å². The summed E-state index contributed by atoms with van der Waals surface area (Å²) in [5.74, 6) is -0.785. The molecular formula is C9H12ClNO3.